The molecule has 0 spiro atoms. The van der Waals surface area contributed by atoms with E-state index in [2.05, 4.69) is 20.3 Å². The molecule has 2 rings (SSSR count). The van der Waals surface area contributed by atoms with Crippen LogP contribution in [0, 0.1) is 10.1 Å². The average Bonchev–Trinajstić information content (AvgIpc) is 2.48. The van der Waals surface area contributed by atoms with E-state index in [1.165, 1.54) is 25.3 Å². The summed E-state index contributed by atoms with van der Waals surface area (Å²) in [5.74, 6) is 0.160. The normalized spacial score (nSPS) is 10.0. The van der Waals surface area contributed by atoms with Crippen molar-refractivity contribution in [1.82, 2.24) is 15.0 Å². The van der Waals surface area contributed by atoms with Gasteiger partial charge in [-0.15, -0.1) is 4.98 Å². The molecule has 0 saturated heterocycles. The van der Waals surface area contributed by atoms with Gasteiger partial charge < -0.3 is 14.8 Å². The number of methoxy groups -OCH3 is 1. The van der Waals surface area contributed by atoms with Gasteiger partial charge in [0, 0.05) is 18.1 Å². The van der Waals surface area contributed by atoms with Crippen LogP contribution < -0.4 is 14.8 Å². The van der Waals surface area contributed by atoms with Crippen molar-refractivity contribution in [3.05, 3.63) is 33.3 Å². The Balaban J connectivity index is 2.40. The molecule has 0 aliphatic rings. The Morgan fingerprint density at radius 3 is 2.62 bits per heavy atom. The number of halogens is 1. The van der Waals surface area contributed by atoms with E-state index in [0.29, 0.717) is 0 Å². The molecule has 0 bridgehead atoms. The molecule has 1 aromatic carbocycles. The quantitative estimate of drug-likeness (QED) is 0.661. The summed E-state index contributed by atoms with van der Waals surface area (Å²) < 4.78 is 10.2. The molecule has 1 aromatic heterocycles. The predicted molar refractivity (Wildman–Crippen MR) is 74.1 cm³/mol. The fraction of sp³-hybridized carbons (Fsp3) is 0.182. The lowest BCUT2D eigenvalue weighted by Gasteiger charge is -2.07. The van der Waals surface area contributed by atoms with Gasteiger partial charge in [0.2, 0.25) is 11.7 Å². The van der Waals surface area contributed by atoms with E-state index in [-0.39, 0.29) is 34.4 Å². The Labute approximate surface area is 124 Å². The Hall–Kier alpha value is -2.68. The van der Waals surface area contributed by atoms with Crippen molar-refractivity contribution >= 4 is 23.2 Å². The molecular weight excluding hydrogens is 302 g/mol. The second-order valence-electron chi connectivity index (χ2n) is 3.65. The molecule has 10 heteroatoms. The lowest BCUT2D eigenvalue weighted by Crippen LogP contribution is -2.04. The number of hydrogen-bond acceptors (Lipinski definition) is 8. The van der Waals surface area contributed by atoms with E-state index in [4.69, 9.17) is 21.1 Å². The molecule has 0 aliphatic carbocycles. The number of nitrogens with zero attached hydrogens (tertiary/aromatic N) is 4. The largest absolute Gasteiger partial charge is 0.467 e. The summed E-state index contributed by atoms with van der Waals surface area (Å²) in [5, 5.41) is 13.9. The third-order valence-corrected chi connectivity index (χ3v) is 2.55. The number of benzene rings is 1. The van der Waals surface area contributed by atoms with E-state index in [9.17, 15) is 10.1 Å². The van der Waals surface area contributed by atoms with Crippen LogP contribution in [-0.2, 0) is 0 Å². The Bertz CT molecular complexity index is 659. The monoisotopic (exact) mass is 311 g/mol. The molecular formula is C11H10ClN5O4. The smallest absolute Gasteiger partial charge is 0.330 e. The summed E-state index contributed by atoms with van der Waals surface area (Å²) in [7, 11) is 2.98. The number of rotatable bonds is 5. The van der Waals surface area contributed by atoms with Crippen molar-refractivity contribution in [1.29, 1.82) is 0 Å². The Kier molecular flexibility index (Phi) is 4.33. The number of anilines is 1. The second-order valence-corrected chi connectivity index (χ2v) is 4.09. The van der Waals surface area contributed by atoms with E-state index < -0.39 is 4.92 Å². The van der Waals surface area contributed by atoms with E-state index >= 15 is 0 Å². The van der Waals surface area contributed by atoms with Crippen LogP contribution in [0.2, 0.25) is 5.02 Å². The molecule has 0 unspecified atom stereocenters. The first kappa shape index (κ1) is 14.7. The van der Waals surface area contributed by atoms with Crippen molar-refractivity contribution in [2.45, 2.75) is 0 Å². The van der Waals surface area contributed by atoms with Crippen molar-refractivity contribution in [2.24, 2.45) is 0 Å². The number of ether oxygens (including phenoxy) is 2. The van der Waals surface area contributed by atoms with Crippen LogP contribution in [0.25, 0.3) is 0 Å². The summed E-state index contributed by atoms with van der Waals surface area (Å²) in [6.07, 6.45) is 0. The second kappa shape index (κ2) is 6.18. The predicted octanol–water partition coefficient (Wildman–Crippen LogP) is 2.28. The van der Waals surface area contributed by atoms with Crippen molar-refractivity contribution in [3.8, 4) is 17.8 Å². The first-order chi connectivity index (χ1) is 10.0. The summed E-state index contributed by atoms with van der Waals surface area (Å²) in [6, 6.07) is 3.86. The van der Waals surface area contributed by atoms with Gasteiger partial charge in [-0.05, 0) is 12.1 Å². The van der Waals surface area contributed by atoms with Crippen LogP contribution >= 0.6 is 11.6 Å². The van der Waals surface area contributed by atoms with Gasteiger partial charge >= 0.3 is 17.7 Å². The van der Waals surface area contributed by atoms with Crippen molar-refractivity contribution < 1.29 is 14.4 Å². The van der Waals surface area contributed by atoms with Crippen LogP contribution in [0.3, 0.4) is 0 Å². The molecule has 0 amide bonds. The molecule has 2 aromatic rings. The van der Waals surface area contributed by atoms with Crippen LogP contribution in [0.1, 0.15) is 0 Å². The van der Waals surface area contributed by atoms with Crippen LogP contribution in [0.15, 0.2) is 18.2 Å². The summed E-state index contributed by atoms with van der Waals surface area (Å²) in [4.78, 5) is 22.1. The number of aromatic nitrogens is 3. The number of nitro groups is 1. The van der Waals surface area contributed by atoms with Gasteiger partial charge in [0.05, 0.1) is 12.0 Å². The lowest BCUT2D eigenvalue weighted by molar-refractivity contribution is -0.385. The summed E-state index contributed by atoms with van der Waals surface area (Å²) >= 11 is 5.73. The zero-order chi connectivity index (χ0) is 15.4. The SMILES string of the molecule is CNc1nc(OC)nc(Oc2ccc(Cl)cc2[N+](=O)[O-])n1. The van der Waals surface area contributed by atoms with Gasteiger partial charge in [-0.25, -0.2) is 0 Å². The van der Waals surface area contributed by atoms with Gasteiger partial charge in [0.1, 0.15) is 0 Å². The molecule has 21 heavy (non-hydrogen) atoms. The fourth-order valence-electron chi connectivity index (χ4n) is 1.40. The number of nitro benzene ring substituents is 1. The van der Waals surface area contributed by atoms with Gasteiger partial charge in [-0.3, -0.25) is 10.1 Å². The van der Waals surface area contributed by atoms with Crippen LogP contribution in [0.4, 0.5) is 11.6 Å². The zero-order valence-electron chi connectivity index (χ0n) is 11.0. The summed E-state index contributed by atoms with van der Waals surface area (Å²) in [5.41, 5.74) is -0.298. The molecule has 0 atom stereocenters. The first-order valence-electron chi connectivity index (χ1n) is 5.63. The van der Waals surface area contributed by atoms with Crippen LogP contribution in [0.5, 0.6) is 17.8 Å². The van der Waals surface area contributed by atoms with Crippen molar-refractivity contribution in [3.63, 3.8) is 0 Å². The molecule has 1 heterocycles. The minimum Gasteiger partial charge on any atom is -0.467 e. The van der Waals surface area contributed by atoms with E-state index in [0.717, 1.165) is 0 Å². The highest BCUT2D eigenvalue weighted by atomic mass is 35.5. The van der Waals surface area contributed by atoms with E-state index in [1.54, 1.807) is 7.05 Å². The molecule has 0 fully saturated rings. The third kappa shape index (κ3) is 3.45. The number of hydrogen-bond donors (Lipinski definition) is 1. The highest BCUT2D eigenvalue weighted by molar-refractivity contribution is 6.30. The highest BCUT2D eigenvalue weighted by Gasteiger charge is 2.18. The minimum absolute atomic E-state index is 0.0148. The highest BCUT2D eigenvalue weighted by Crippen LogP contribution is 2.32. The minimum atomic E-state index is -0.612. The molecule has 0 radical (unpaired) electrons. The maximum Gasteiger partial charge on any atom is 0.330 e. The van der Waals surface area contributed by atoms with Gasteiger partial charge in [0.15, 0.2) is 0 Å². The molecule has 1 N–H and O–H groups in total. The summed E-state index contributed by atoms with van der Waals surface area (Å²) in [6.45, 7) is 0. The first-order valence-corrected chi connectivity index (χ1v) is 6.01. The van der Waals surface area contributed by atoms with Crippen molar-refractivity contribution in [2.75, 3.05) is 19.5 Å². The van der Waals surface area contributed by atoms with Gasteiger partial charge in [-0.1, -0.05) is 11.6 Å². The van der Waals surface area contributed by atoms with E-state index in [1.807, 2.05) is 0 Å². The Morgan fingerprint density at radius 1 is 1.29 bits per heavy atom. The standard InChI is InChI=1S/C11H10ClN5O4/c1-13-9-14-10(20-2)16-11(15-9)21-8-4-3-6(12)5-7(8)17(18)19/h3-5H,1-2H3,(H,13,14,15,16). The average molecular weight is 312 g/mol. The molecule has 110 valence electrons. The lowest BCUT2D eigenvalue weighted by atomic mass is 10.3. The maximum atomic E-state index is 11.0. The molecule has 0 saturated carbocycles. The number of nitrogens with one attached hydrogen (secondary N) is 1. The maximum absolute atomic E-state index is 11.0. The Morgan fingerprint density at radius 2 is 2.00 bits per heavy atom. The van der Waals surface area contributed by atoms with Gasteiger partial charge in [0.25, 0.3) is 0 Å². The fourth-order valence-corrected chi connectivity index (χ4v) is 1.57. The molecule has 9 nitrogen and oxygen atoms in total. The molecule has 0 aliphatic heterocycles. The zero-order valence-corrected chi connectivity index (χ0v) is 11.8. The third-order valence-electron chi connectivity index (χ3n) is 2.32. The topological polar surface area (TPSA) is 112 Å². The van der Waals surface area contributed by atoms with Gasteiger partial charge in [-0.2, -0.15) is 9.97 Å². The van der Waals surface area contributed by atoms with Crippen LogP contribution in [-0.4, -0.2) is 34.0 Å².